The zero-order chi connectivity index (χ0) is 18.5. The lowest BCUT2D eigenvalue weighted by atomic mass is 10.1. The maximum Gasteiger partial charge on any atom is 0.256 e. The first kappa shape index (κ1) is 18.0. The smallest absolute Gasteiger partial charge is 0.256 e. The van der Waals surface area contributed by atoms with E-state index in [-0.39, 0.29) is 11.2 Å². The number of pyridine rings is 1. The number of aryl methyl sites for hydroxylation is 1. The van der Waals surface area contributed by atoms with Crippen LogP contribution in [0.2, 0.25) is 0 Å². The Balaban J connectivity index is 1.91. The lowest BCUT2D eigenvalue weighted by Gasteiger charge is -2.14. The molecule has 3 aromatic rings. The third kappa shape index (κ3) is 4.04. The number of rotatable bonds is 5. The Morgan fingerprint density at radius 3 is 2.77 bits per heavy atom. The summed E-state index contributed by atoms with van der Waals surface area (Å²) in [6, 6.07) is 19.3. The summed E-state index contributed by atoms with van der Waals surface area (Å²) in [6.07, 6.45) is 0.459. The topological polar surface area (TPSA) is 65.8 Å². The molecular formula is C21H19N3OS. The molecular weight excluding hydrogens is 342 g/mol. The van der Waals surface area contributed by atoms with Gasteiger partial charge in [-0.1, -0.05) is 37.3 Å². The van der Waals surface area contributed by atoms with Crippen LogP contribution in [0, 0.1) is 18.3 Å². The Hall–Kier alpha value is -2.84. The van der Waals surface area contributed by atoms with Crippen molar-refractivity contribution >= 4 is 34.3 Å². The lowest BCUT2D eigenvalue weighted by Crippen LogP contribution is -2.14. The number of nitrogens with one attached hydrogen (secondary N) is 1. The summed E-state index contributed by atoms with van der Waals surface area (Å²) in [5.41, 5.74) is 2.98. The molecule has 4 nitrogen and oxygen atoms in total. The molecule has 0 saturated carbocycles. The summed E-state index contributed by atoms with van der Waals surface area (Å²) in [5, 5.41) is 12.9. The number of nitrogens with zero attached hydrogens (tertiary/aromatic N) is 2. The summed E-state index contributed by atoms with van der Waals surface area (Å²) in [4.78, 5) is 18.4. The van der Waals surface area contributed by atoms with E-state index in [9.17, 15) is 4.79 Å². The van der Waals surface area contributed by atoms with Crippen LogP contribution in [-0.2, 0) is 0 Å². The number of hydrogen-bond donors (Lipinski definition) is 1. The Morgan fingerprint density at radius 1 is 1.23 bits per heavy atom. The van der Waals surface area contributed by atoms with E-state index in [4.69, 9.17) is 5.26 Å². The number of nitriles is 1. The Kier molecular flexibility index (Phi) is 5.55. The van der Waals surface area contributed by atoms with Gasteiger partial charge in [0, 0.05) is 27.6 Å². The summed E-state index contributed by atoms with van der Waals surface area (Å²) in [7, 11) is 0. The minimum absolute atomic E-state index is 0.155. The maximum absolute atomic E-state index is 12.9. The number of hydrogen-bond acceptors (Lipinski definition) is 4. The van der Waals surface area contributed by atoms with Crippen molar-refractivity contribution in [3.05, 3.63) is 65.9 Å². The highest BCUT2D eigenvalue weighted by Gasteiger charge is 2.15. The molecule has 3 rings (SSSR count). The van der Waals surface area contributed by atoms with Gasteiger partial charge in [0.1, 0.15) is 0 Å². The van der Waals surface area contributed by atoms with Crippen LogP contribution in [0.3, 0.4) is 0 Å². The van der Waals surface area contributed by atoms with Crippen LogP contribution in [0.5, 0.6) is 0 Å². The Morgan fingerprint density at radius 2 is 1.96 bits per heavy atom. The van der Waals surface area contributed by atoms with Gasteiger partial charge in [-0.05, 0) is 31.2 Å². The Labute approximate surface area is 157 Å². The van der Waals surface area contributed by atoms with Gasteiger partial charge in [-0.3, -0.25) is 9.78 Å². The zero-order valence-electron chi connectivity index (χ0n) is 14.7. The lowest BCUT2D eigenvalue weighted by molar-refractivity contribution is 0.102. The molecule has 0 bridgehead atoms. The van der Waals surface area contributed by atoms with E-state index in [1.165, 1.54) is 0 Å². The predicted octanol–water partition coefficient (Wildman–Crippen LogP) is 5.19. The third-order valence-corrected chi connectivity index (χ3v) is 5.11. The molecule has 1 heterocycles. The van der Waals surface area contributed by atoms with Gasteiger partial charge in [0.15, 0.2) is 0 Å². The van der Waals surface area contributed by atoms with Gasteiger partial charge in [0.25, 0.3) is 5.91 Å². The molecule has 1 aromatic heterocycles. The second-order valence-corrected chi connectivity index (χ2v) is 7.55. The van der Waals surface area contributed by atoms with E-state index in [1.807, 2.05) is 68.4 Å². The van der Waals surface area contributed by atoms with Crippen molar-refractivity contribution in [2.45, 2.75) is 30.4 Å². The van der Waals surface area contributed by atoms with E-state index in [2.05, 4.69) is 16.4 Å². The molecule has 130 valence electrons. The number of thioether (sulfide) groups is 1. The van der Waals surface area contributed by atoms with E-state index in [0.29, 0.717) is 12.0 Å². The summed E-state index contributed by atoms with van der Waals surface area (Å²) < 4.78 is 0. The highest BCUT2D eigenvalue weighted by molar-refractivity contribution is 8.00. The number of fused-ring (bicyclic) bond motifs is 1. The first-order valence-corrected chi connectivity index (χ1v) is 9.27. The fourth-order valence-corrected chi connectivity index (χ4v) is 3.74. The van der Waals surface area contributed by atoms with E-state index >= 15 is 0 Å². The maximum atomic E-state index is 12.9. The zero-order valence-corrected chi connectivity index (χ0v) is 15.5. The van der Waals surface area contributed by atoms with Crippen molar-refractivity contribution in [2.24, 2.45) is 0 Å². The molecule has 0 radical (unpaired) electrons. The van der Waals surface area contributed by atoms with Gasteiger partial charge >= 0.3 is 0 Å². The van der Waals surface area contributed by atoms with Gasteiger partial charge < -0.3 is 5.32 Å². The molecule has 5 heteroatoms. The molecule has 0 aliphatic heterocycles. The van der Waals surface area contributed by atoms with Crippen LogP contribution in [-0.4, -0.2) is 16.1 Å². The number of amides is 1. The van der Waals surface area contributed by atoms with Gasteiger partial charge in [0.2, 0.25) is 0 Å². The number of aromatic nitrogens is 1. The van der Waals surface area contributed by atoms with Crippen molar-refractivity contribution < 1.29 is 4.79 Å². The summed E-state index contributed by atoms with van der Waals surface area (Å²) >= 11 is 1.59. The second-order valence-electron chi connectivity index (χ2n) is 6.07. The van der Waals surface area contributed by atoms with Crippen molar-refractivity contribution in [3.8, 4) is 6.07 Å². The van der Waals surface area contributed by atoms with Gasteiger partial charge in [0.05, 0.1) is 22.8 Å². The van der Waals surface area contributed by atoms with Crippen molar-refractivity contribution in [1.82, 2.24) is 4.98 Å². The fraction of sp³-hybridized carbons (Fsp3) is 0.190. The minimum Gasteiger partial charge on any atom is -0.321 e. The number of carbonyl (C=O) groups excluding carboxylic acids is 1. The number of benzene rings is 2. The molecule has 0 saturated heterocycles. The molecule has 2 aromatic carbocycles. The highest BCUT2D eigenvalue weighted by Crippen LogP contribution is 2.32. The molecule has 0 spiro atoms. The van der Waals surface area contributed by atoms with Crippen LogP contribution in [0.4, 0.5) is 5.69 Å². The number of para-hydroxylation sites is 2. The average Bonchev–Trinajstić information content (AvgIpc) is 2.62. The van der Waals surface area contributed by atoms with Crippen LogP contribution in [0.1, 0.15) is 29.4 Å². The van der Waals surface area contributed by atoms with Gasteiger partial charge in [-0.25, -0.2) is 0 Å². The molecule has 0 aliphatic carbocycles. The molecule has 0 fully saturated rings. The van der Waals surface area contributed by atoms with Crippen LogP contribution in [0.15, 0.2) is 59.5 Å². The monoisotopic (exact) mass is 361 g/mol. The molecule has 26 heavy (non-hydrogen) atoms. The standard InChI is InChI=1S/C21H19N3OS/c1-14-13-17(16-7-3-4-8-18(16)23-14)21(25)24-19-9-5-6-10-20(19)26-15(2)11-12-22/h3-10,13,15H,11H2,1-2H3,(H,24,25). The van der Waals surface area contributed by atoms with Crippen LogP contribution in [0.25, 0.3) is 10.9 Å². The van der Waals surface area contributed by atoms with Gasteiger partial charge in [-0.15, -0.1) is 11.8 Å². The Bertz CT molecular complexity index is 994. The van der Waals surface area contributed by atoms with E-state index in [1.54, 1.807) is 11.8 Å². The predicted molar refractivity (Wildman–Crippen MR) is 106 cm³/mol. The molecule has 1 atom stereocenters. The van der Waals surface area contributed by atoms with Crippen molar-refractivity contribution in [2.75, 3.05) is 5.32 Å². The average molecular weight is 361 g/mol. The molecule has 0 aliphatic rings. The first-order chi connectivity index (χ1) is 12.6. The largest absolute Gasteiger partial charge is 0.321 e. The molecule has 1 unspecified atom stereocenters. The second kappa shape index (κ2) is 8.03. The number of carbonyl (C=O) groups is 1. The quantitative estimate of drug-likeness (QED) is 0.635. The third-order valence-electron chi connectivity index (χ3n) is 3.93. The molecule has 1 N–H and O–H groups in total. The van der Waals surface area contributed by atoms with Crippen molar-refractivity contribution in [3.63, 3.8) is 0 Å². The van der Waals surface area contributed by atoms with Crippen LogP contribution < -0.4 is 5.32 Å². The summed E-state index contributed by atoms with van der Waals surface area (Å²) in [5.74, 6) is -0.160. The fourth-order valence-electron chi connectivity index (χ4n) is 2.74. The van der Waals surface area contributed by atoms with Gasteiger partial charge in [-0.2, -0.15) is 5.26 Å². The highest BCUT2D eigenvalue weighted by atomic mass is 32.2. The SMILES string of the molecule is Cc1cc(C(=O)Nc2ccccc2SC(C)CC#N)c2ccccc2n1. The normalized spacial score (nSPS) is 11.7. The van der Waals surface area contributed by atoms with E-state index in [0.717, 1.165) is 27.2 Å². The molecule has 1 amide bonds. The minimum atomic E-state index is -0.160. The first-order valence-electron chi connectivity index (χ1n) is 8.39. The van der Waals surface area contributed by atoms with Crippen LogP contribution >= 0.6 is 11.8 Å². The van der Waals surface area contributed by atoms with Crippen molar-refractivity contribution in [1.29, 1.82) is 5.26 Å². The summed E-state index contributed by atoms with van der Waals surface area (Å²) in [6.45, 7) is 3.89. The number of anilines is 1. The van der Waals surface area contributed by atoms with E-state index < -0.39 is 0 Å².